The molecule has 0 aromatic rings. The monoisotopic (exact) mass is 144 g/mol. The van der Waals surface area contributed by atoms with Gasteiger partial charge in [0, 0.05) is 5.92 Å². The molecule has 0 aromatic carbocycles. The fourth-order valence-corrected chi connectivity index (χ4v) is 1.39. The summed E-state index contributed by atoms with van der Waals surface area (Å²) in [5, 5.41) is 9.02. The zero-order valence-electron chi connectivity index (χ0n) is 5.32. The molecule has 2 heterocycles. The molecule has 0 aliphatic carbocycles. The first-order valence-corrected chi connectivity index (χ1v) is 3.26. The van der Waals surface area contributed by atoms with Gasteiger partial charge < -0.3 is 14.6 Å². The average molecular weight is 144 g/mol. The molecule has 3 atom stereocenters. The summed E-state index contributed by atoms with van der Waals surface area (Å²) in [6, 6.07) is 0. The quantitative estimate of drug-likeness (QED) is 0.455. The number of rotatable bonds is 0. The van der Waals surface area contributed by atoms with E-state index in [2.05, 4.69) is 0 Å². The third kappa shape index (κ3) is 0.726. The first kappa shape index (κ1) is 6.12. The highest BCUT2D eigenvalue weighted by atomic mass is 16.7. The van der Waals surface area contributed by atoms with E-state index in [1.807, 2.05) is 0 Å². The van der Waals surface area contributed by atoms with Gasteiger partial charge in [-0.25, -0.2) is 0 Å². The standard InChI is InChI=1S/C6H8O4/c7-4-1-3-2-9-6(8)5(3)10-4/h3,5-6,8H,1-2H2/t3-,5-,6-/m0/s1. The molecule has 0 amide bonds. The topological polar surface area (TPSA) is 55.8 Å². The van der Waals surface area contributed by atoms with Crippen molar-refractivity contribution in [3.8, 4) is 0 Å². The number of fused-ring (bicyclic) bond motifs is 1. The summed E-state index contributed by atoms with van der Waals surface area (Å²) < 4.78 is 9.63. The van der Waals surface area contributed by atoms with Crippen LogP contribution in [0.15, 0.2) is 0 Å². The van der Waals surface area contributed by atoms with Gasteiger partial charge in [-0.1, -0.05) is 0 Å². The molecule has 0 bridgehead atoms. The maximum atomic E-state index is 10.6. The lowest BCUT2D eigenvalue weighted by atomic mass is 10.1. The number of aliphatic hydroxyl groups excluding tert-OH is 1. The van der Waals surface area contributed by atoms with Crippen molar-refractivity contribution >= 4 is 5.97 Å². The Kier molecular flexibility index (Phi) is 1.18. The molecule has 1 N–H and O–H groups in total. The Morgan fingerprint density at radius 3 is 3.10 bits per heavy atom. The summed E-state index contributed by atoms with van der Waals surface area (Å²) in [7, 11) is 0. The predicted molar refractivity (Wildman–Crippen MR) is 29.9 cm³/mol. The minimum Gasteiger partial charge on any atom is -0.457 e. The van der Waals surface area contributed by atoms with Crippen molar-refractivity contribution in [1.82, 2.24) is 0 Å². The SMILES string of the molecule is O=C1C[C@H]2CO[C@H](O)[C@H]2O1. The Labute approximate surface area is 57.7 Å². The van der Waals surface area contributed by atoms with Crippen LogP contribution in [0.1, 0.15) is 6.42 Å². The highest BCUT2D eigenvalue weighted by Crippen LogP contribution is 2.30. The number of hydrogen-bond acceptors (Lipinski definition) is 4. The summed E-state index contributed by atoms with van der Waals surface area (Å²) in [6.07, 6.45) is -0.897. The minimum atomic E-state index is -0.892. The fourth-order valence-electron chi connectivity index (χ4n) is 1.39. The normalized spacial score (nSPS) is 45.3. The first-order chi connectivity index (χ1) is 4.77. The Hall–Kier alpha value is -0.610. The molecule has 2 saturated heterocycles. The van der Waals surface area contributed by atoms with Crippen LogP contribution in [0.5, 0.6) is 0 Å². The lowest BCUT2D eigenvalue weighted by Crippen LogP contribution is -2.24. The molecule has 56 valence electrons. The Morgan fingerprint density at radius 2 is 2.40 bits per heavy atom. The van der Waals surface area contributed by atoms with Crippen LogP contribution in [-0.2, 0) is 14.3 Å². The number of carbonyl (C=O) groups is 1. The molecule has 4 heteroatoms. The van der Waals surface area contributed by atoms with Gasteiger partial charge in [0.2, 0.25) is 0 Å². The van der Waals surface area contributed by atoms with Gasteiger partial charge in [-0.3, -0.25) is 4.79 Å². The molecule has 10 heavy (non-hydrogen) atoms. The molecule has 0 aromatic heterocycles. The molecule has 2 rings (SSSR count). The van der Waals surface area contributed by atoms with Crippen LogP contribution in [-0.4, -0.2) is 30.1 Å². The number of carbonyl (C=O) groups excluding carboxylic acids is 1. The maximum absolute atomic E-state index is 10.6. The fraction of sp³-hybridized carbons (Fsp3) is 0.833. The molecular weight excluding hydrogens is 136 g/mol. The summed E-state index contributed by atoms with van der Waals surface area (Å²) >= 11 is 0. The zero-order chi connectivity index (χ0) is 7.14. The van der Waals surface area contributed by atoms with Crippen molar-refractivity contribution in [2.24, 2.45) is 5.92 Å². The van der Waals surface area contributed by atoms with Gasteiger partial charge in [0.1, 0.15) is 0 Å². The second kappa shape index (κ2) is 1.93. The summed E-state index contributed by atoms with van der Waals surface area (Å²) in [5.74, 6) is -0.139. The van der Waals surface area contributed by atoms with Crippen molar-refractivity contribution in [3.05, 3.63) is 0 Å². The zero-order valence-corrected chi connectivity index (χ0v) is 5.32. The molecule has 0 unspecified atom stereocenters. The number of ether oxygens (including phenoxy) is 2. The first-order valence-electron chi connectivity index (χ1n) is 3.26. The van der Waals surface area contributed by atoms with Gasteiger partial charge in [-0.15, -0.1) is 0 Å². The van der Waals surface area contributed by atoms with E-state index in [0.717, 1.165) is 0 Å². The van der Waals surface area contributed by atoms with E-state index in [9.17, 15) is 4.79 Å². The molecule has 2 aliphatic rings. The van der Waals surface area contributed by atoms with E-state index in [1.165, 1.54) is 0 Å². The maximum Gasteiger partial charge on any atom is 0.306 e. The largest absolute Gasteiger partial charge is 0.457 e. The molecule has 0 saturated carbocycles. The Bertz CT molecular complexity index is 167. The number of aliphatic hydroxyl groups is 1. The molecule has 2 aliphatic heterocycles. The van der Waals surface area contributed by atoms with Crippen LogP contribution in [0, 0.1) is 5.92 Å². The second-order valence-electron chi connectivity index (χ2n) is 2.64. The molecule has 0 spiro atoms. The summed E-state index contributed by atoms with van der Waals surface area (Å²) in [4.78, 5) is 10.6. The van der Waals surface area contributed by atoms with E-state index in [0.29, 0.717) is 13.0 Å². The lowest BCUT2D eigenvalue weighted by Gasteiger charge is -2.08. The van der Waals surface area contributed by atoms with Crippen molar-refractivity contribution in [2.75, 3.05) is 6.61 Å². The van der Waals surface area contributed by atoms with Gasteiger partial charge in [0.05, 0.1) is 13.0 Å². The van der Waals surface area contributed by atoms with E-state index in [1.54, 1.807) is 0 Å². The van der Waals surface area contributed by atoms with Crippen molar-refractivity contribution in [3.63, 3.8) is 0 Å². The minimum absolute atomic E-state index is 0.0856. The highest BCUT2D eigenvalue weighted by Gasteiger charge is 2.45. The van der Waals surface area contributed by atoms with Crippen LogP contribution in [0.2, 0.25) is 0 Å². The van der Waals surface area contributed by atoms with Gasteiger partial charge >= 0.3 is 5.97 Å². The lowest BCUT2D eigenvalue weighted by molar-refractivity contribution is -0.159. The van der Waals surface area contributed by atoms with Crippen molar-refractivity contribution in [2.45, 2.75) is 18.8 Å². The average Bonchev–Trinajstić information content (AvgIpc) is 2.35. The van der Waals surface area contributed by atoms with Crippen LogP contribution in [0.25, 0.3) is 0 Å². The van der Waals surface area contributed by atoms with Crippen LogP contribution >= 0.6 is 0 Å². The van der Waals surface area contributed by atoms with Crippen LogP contribution in [0.4, 0.5) is 0 Å². The van der Waals surface area contributed by atoms with E-state index in [-0.39, 0.29) is 11.9 Å². The molecule has 4 nitrogen and oxygen atoms in total. The van der Waals surface area contributed by atoms with Crippen molar-refractivity contribution in [1.29, 1.82) is 0 Å². The Balaban J connectivity index is 2.12. The van der Waals surface area contributed by atoms with Crippen LogP contribution < -0.4 is 0 Å². The molecule has 0 radical (unpaired) electrons. The van der Waals surface area contributed by atoms with E-state index in [4.69, 9.17) is 14.6 Å². The summed E-state index contributed by atoms with van der Waals surface area (Å²) in [6.45, 7) is 0.442. The number of hydrogen-bond donors (Lipinski definition) is 1. The molecular formula is C6H8O4. The third-order valence-electron chi connectivity index (χ3n) is 1.92. The third-order valence-corrected chi connectivity index (χ3v) is 1.92. The van der Waals surface area contributed by atoms with Crippen LogP contribution in [0.3, 0.4) is 0 Å². The smallest absolute Gasteiger partial charge is 0.306 e. The van der Waals surface area contributed by atoms with Gasteiger partial charge in [0.15, 0.2) is 12.4 Å². The second-order valence-corrected chi connectivity index (χ2v) is 2.64. The van der Waals surface area contributed by atoms with E-state index < -0.39 is 12.4 Å². The van der Waals surface area contributed by atoms with Crippen molar-refractivity contribution < 1.29 is 19.4 Å². The number of esters is 1. The van der Waals surface area contributed by atoms with Gasteiger partial charge in [-0.2, -0.15) is 0 Å². The summed E-state index contributed by atoms with van der Waals surface area (Å²) in [5.41, 5.74) is 0. The van der Waals surface area contributed by atoms with Gasteiger partial charge in [-0.05, 0) is 0 Å². The highest BCUT2D eigenvalue weighted by molar-refractivity contribution is 5.72. The predicted octanol–water partition coefficient (Wildman–Crippen LogP) is -0.733. The Morgan fingerprint density at radius 1 is 1.60 bits per heavy atom. The van der Waals surface area contributed by atoms with Gasteiger partial charge in [0.25, 0.3) is 0 Å². The van der Waals surface area contributed by atoms with E-state index >= 15 is 0 Å². The molecule has 2 fully saturated rings.